The molecule has 7 heteroatoms. The number of hydrogen-bond acceptors (Lipinski definition) is 5. The SMILES string of the molecule is CC(C)COC(=O)c1ccccc1OCC(=O)N1CCN(Cc2ccc(Cl)cc2)CC1. The van der Waals surface area contributed by atoms with Gasteiger partial charge in [0.15, 0.2) is 6.61 Å². The molecule has 0 spiro atoms. The molecule has 1 aliphatic rings. The molecule has 1 amide bonds. The number of carbonyl (C=O) groups excluding carboxylic acids is 2. The molecule has 2 aromatic rings. The molecule has 3 rings (SSSR count). The van der Waals surface area contributed by atoms with Crippen LogP contribution in [-0.4, -0.2) is 61.1 Å². The van der Waals surface area contributed by atoms with Crippen molar-refractivity contribution in [3.8, 4) is 5.75 Å². The zero-order valence-electron chi connectivity index (χ0n) is 18.1. The van der Waals surface area contributed by atoms with Crippen molar-refractivity contribution < 1.29 is 19.1 Å². The average Bonchev–Trinajstić information content (AvgIpc) is 2.78. The van der Waals surface area contributed by atoms with E-state index in [4.69, 9.17) is 21.1 Å². The largest absolute Gasteiger partial charge is 0.483 e. The van der Waals surface area contributed by atoms with Gasteiger partial charge in [-0.1, -0.05) is 49.7 Å². The van der Waals surface area contributed by atoms with Crippen molar-refractivity contribution in [2.75, 3.05) is 39.4 Å². The van der Waals surface area contributed by atoms with E-state index >= 15 is 0 Å². The fourth-order valence-corrected chi connectivity index (χ4v) is 3.44. The molecule has 1 heterocycles. The number of nitrogens with zero attached hydrogens (tertiary/aromatic N) is 2. The predicted molar refractivity (Wildman–Crippen MR) is 120 cm³/mol. The van der Waals surface area contributed by atoms with Crippen LogP contribution >= 0.6 is 11.6 Å². The lowest BCUT2D eigenvalue weighted by atomic mass is 10.2. The van der Waals surface area contributed by atoms with E-state index in [9.17, 15) is 9.59 Å². The Kier molecular flexibility index (Phi) is 8.32. The number of carbonyl (C=O) groups is 2. The van der Waals surface area contributed by atoms with Crippen LogP contribution in [-0.2, 0) is 16.1 Å². The van der Waals surface area contributed by atoms with Crippen LogP contribution < -0.4 is 4.74 Å². The standard InChI is InChI=1S/C24H29ClN2O4/c1-18(2)16-31-24(29)21-5-3-4-6-22(21)30-17-23(28)27-13-11-26(12-14-27)15-19-7-9-20(25)10-8-19/h3-10,18H,11-17H2,1-2H3. The summed E-state index contributed by atoms with van der Waals surface area (Å²) in [6.07, 6.45) is 0. The van der Waals surface area contributed by atoms with Gasteiger partial charge in [0.05, 0.1) is 6.61 Å². The molecule has 0 aliphatic carbocycles. The van der Waals surface area contributed by atoms with Crippen molar-refractivity contribution in [2.24, 2.45) is 5.92 Å². The second-order valence-corrected chi connectivity index (χ2v) is 8.50. The third-order valence-electron chi connectivity index (χ3n) is 5.05. The summed E-state index contributed by atoms with van der Waals surface area (Å²) in [5.74, 6) is 0.0898. The lowest BCUT2D eigenvalue weighted by molar-refractivity contribution is -0.135. The Balaban J connectivity index is 1.47. The Morgan fingerprint density at radius 3 is 2.35 bits per heavy atom. The molecule has 0 N–H and O–H groups in total. The van der Waals surface area contributed by atoms with Crippen LogP contribution in [0.4, 0.5) is 0 Å². The fourth-order valence-electron chi connectivity index (χ4n) is 3.32. The molecule has 6 nitrogen and oxygen atoms in total. The average molecular weight is 445 g/mol. The second-order valence-electron chi connectivity index (χ2n) is 8.06. The summed E-state index contributed by atoms with van der Waals surface area (Å²) in [6.45, 7) is 7.91. The van der Waals surface area contributed by atoms with Gasteiger partial charge in [0, 0.05) is 37.7 Å². The Labute approximate surface area is 188 Å². The van der Waals surface area contributed by atoms with E-state index in [0.717, 1.165) is 24.7 Å². The first-order valence-corrected chi connectivity index (χ1v) is 10.9. The minimum atomic E-state index is -0.437. The Hall–Kier alpha value is -2.57. The zero-order chi connectivity index (χ0) is 22.2. The number of rotatable bonds is 8. The van der Waals surface area contributed by atoms with Gasteiger partial charge in [0.25, 0.3) is 5.91 Å². The van der Waals surface area contributed by atoms with Gasteiger partial charge in [0.2, 0.25) is 0 Å². The van der Waals surface area contributed by atoms with Gasteiger partial charge in [-0.2, -0.15) is 0 Å². The maximum Gasteiger partial charge on any atom is 0.341 e. The summed E-state index contributed by atoms with van der Waals surface area (Å²) in [6, 6.07) is 14.7. The molecule has 0 aromatic heterocycles. The highest BCUT2D eigenvalue weighted by Gasteiger charge is 2.22. The third kappa shape index (κ3) is 6.97. The number of hydrogen-bond donors (Lipinski definition) is 0. The topological polar surface area (TPSA) is 59.1 Å². The molecule has 0 bridgehead atoms. The highest BCUT2D eigenvalue weighted by molar-refractivity contribution is 6.30. The van der Waals surface area contributed by atoms with Gasteiger partial charge < -0.3 is 14.4 Å². The summed E-state index contributed by atoms with van der Waals surface area (Å²) >= 11 is 5.94. The first-order chi connectivity index (χ1) is 14.9. The van der Waals surface area contributed by atoms with Crippen molar-refractivity contribution in [3.05, 3.63) is 64.7 Å². The molecule has 1 aliphatic heterocycles. The van der Waals surface area contributed by atoms with Crippen molar-refractivity contribution in [2.45, 2.75) is 20.4 Å². The van der Waals surface area contributed by atoms with Gasteiger partial charge in [0.1, 0.15) is 11.3 Å². The van der Waals surface area contributed by atoms with Crippen molar-refractivity contribution >= 4 is 23.5 Å². The predicted octanol–water partition coefficient (Wildman–Crippen LogP) is 3.88. The van der Waals surface area contributed by atoms with E-state index in [0.29, 0.717) is 31.0 Å². The number of amides is 1. The van der Waals surface area contributed by atoms with Crippen LogP contribution in [0.25, 0.3) is 0 Å². The van der Waals surface area contributed by atoms with Crippen molar-refractivity contribution in [1.29, 1.82) is 0 Å². The highest BCUT2D eigenvalue weighted by atomic mass is 35.5. The molecule has 0 radical (unpaired) electrons. The summed E-state index contributed by atoms with van der Waals surface area (Å²) in [5, 5.41) is 0.730. The van der Waals surface area contributed by atoms with E-state index in [1.165, 1.54) is 5.56 Å². The molecule has 2 aromatic carbocycles. The summed E-state index contributed by atoms with van der Waals surface area (Å²) < 4.78 is 11.0. The molecular formula is C24H29ClN2O4. The summed E-state index contributed by atoms with van der Waals surface area (Å²) in [7, 11) is 0. The van der Waals surface area contributed by atoms with Crippen LogP contribution in [0.1, 0.15) is 29.8 Å². The van der Waals surface area contributed by atoms with Gasteiger partial charge >= 0.3 is 5.97 Å². The minimum Gasteiger partial charge on any atom is -0.483 e. The van der Waals surface area contributed by atoms with E-state index in [1.54, 1.807) is 29.2 Å². The van der Waals surface area contributed by atoms with Crippen molar-refractivity contribution in [1.82, 2.24) is 9.80 Å². The zero-order valence-corrected chi connectivity index (χ0v) is 18.8. The highest BCUT2D eigenvalue weighted by Crippen LogP contribution is 2.20. The molecular weight excluding hydrogens is 416 g/mol. The fraction of sp³-hybridized carbons (Fsp3) is 0.417. The molecule has 0 unspecified atom stereocenters. The molecule has 166 valence electrons. The van der Waals surface area contributed by atoms with Crippen LogP contribution in [0.5, 0.6) is 5.75 Å². The van der Waals surface area contributed by atoms with Crippen LogP contribution in [0.2, 0.25) is 5.02 Å². The van der Waals surface area contributed by atoms with Crippen LogP contribution in [0.3, 0.4) is 0 Å². The van der Waals surface area contributed by atoms with Crippen molar-refractivity contribution in [3.63, 3.8) is 0 Å². The maximum absolute atomic E-state index is 12.6. The molecule has 31 heavy (non-hydrogen) atoms. The number of piperazine rings is 1. The van der Waals surface area contributed by atoms with Gasteiger partial charge in [-0.3, -0.25) is 9.69 Å². The van der Waals surface area contributed by atoms with E-state index < -0.39 is 5.97 Å². The lowest BCUT2D eigenvalue weighted by Crippen LogP contribution is -2.49. The Morgan fingerprint density at radius 1 is 1.00 bits per heavy atom. The summed E-state index contributed by atoms with van der Waals surface area (Å²) in [4.78, 5) is 29.0. The maximum atomic E-state index is 12.6. The normalized spacial score (nSPS) is 14.5. The van der Waals surface area contributed by atoms with E-state index in [1.807, 2.05) is 38.1 Å². The number of ether oxygens (including phenoxy) is 2. The first-order valence-electron chi connectivity index (χ1n) is 10.6. The van der Waals surface area contributed by atoms with Crippen LogP contribution in [0, 0.1) is 5.92 Å². The number of esters is 1. The van der Waals surface area contributed by atoms with E-state index in [-0.39, 0.29) is 18.4 Å². The van der Waals surface area contributed by atoms with E-state index in [2.05, 4.69) is 4.90 Å². The first kappa shape index (κ1) is 23.1. The Morgan fingerprint density at radius 2 is 1.68 bits per heavy atom. The summed E-state index contributed by atoms with van der Waals surface area (Å²) in [5.41, 5.74) is 1.54. The molecule has 0 saturated carbocycles. The smallest absolute Gasteiger partial charge is 0.341 e. The monoisotopic (exact) mass is 444 g/mol. The second kappa shape index (κ2) is 11.2. The van der Waals surface area contributed by atoms with Crippen LogP contribution in [0.15, 0.2) is 48.5 Å². The number of halogens is 1. The Bertz CT molecular complexity index is 877. The number of para-hydroxylation sites is 1. The molecule has 1 fully saturated rings. The van der Waals surface area contributed by atoms with Gasteiger partial charge in [-0.05, 0) is 35.7 Å². The van der Waals surface area contributed by atoms with Gasteiger partial charge in [-0.15, -0.1) is 0 Å². The number of benzene rings is 2. The van der Waals surface area contributed by atoms with Gasteiger partial charge in [-0.25, -0.2) is 4.79 Å². The molecule has 1 saturated heterocycles. The minimum absolute atomic E-state index is 0.0866. The quantitative estimate of drug-likeness (QED) is 0.578. The third-order valence-corrected chi connectivity index (χ3v) is 5.30. The lowest BCUT2D eigenvalue weighted by Gasteiger charge is -2.34. The molecule has 0 atom stereocenters.